The molecule has 1 aliphatic heterocycles. The van der Waals surface area contributed by atoms with Crippen LogP contribution in [-0.2, 0) is 0 Å². The molecule has 0 fully saturated rings. The van der Waals surface area contributed by atoms with Crippen LogP contribution in [0.3, 0.4) is 0 Å². The van der Waals surface area contributed by atoms with Crippen LogP contribution in [0.1, 0.15) is 37.9 Å². The molecule has 10 heteroatoms. The Hall–Kier alpha value is -3.16. The van der Waals surface area contributed by atoms with E-state index in [1.807, 2.05) is 0 Å². The van der Waals surface area contributed by atoms with E-state index in [1.165, 1.54) is 32.7 Å². The van der Waals surface area contributed by atoms with Gasteiger partial charge in [-0.25, -0.2) is 0 Å². The van der Waals surface area contributed by atoms with Crippen LogP contribution in [0.2, 0.25) is 0 Å². The Labute approximate surface area is 229 Å². The molecule has 5 rings (SSSR count). The first-order valence-electron chi connectivity index (χ1n) is 12.9. The van der Waals surface area contributed by atoms with E-state index in [4.69, 9.17) is 0 Å². The van der Waals surface area contributed by atoms with E-state index in [-0.39, 0.29) is 24.1 Å². The fourth-order valence-corrected chi connectivity index (χ4v) is 5.35. The molecule has 0 saturated heterocycles. The van der Waals surface area contributed by atoms with Crippen molar-refractivity contribution in [1.82, 2.24) is 4.90 Å². The molecule has 1 N–H and O–H groups in total. The summed E-state index contributed by atoms with van der Waals surface area (Å²) >= 11 is 0. The summed E-state index contributed by atoms with van der Waals surface area (Å²) in [5.74, 6) is 0. The summed E-state index contributed by atoms with van der Waals surface area (Å²) in [6.45, 7) is 8.60. The molecule has 0 aliphatic carbocycles. The van der Waals surface area contributed by atoms with Gasteiger partial charge in [0.1, 0.15) is 25.2 Å². The van der Waals surface area contributed by atoms with Crippen molar-refractivity contribution in [3.05, 3.63) is 96.1 Å². The molecule has 216 valence electrons. The van der Waals surface area contributed by atoms with Crippen LogP contribution in [0.4, 0.5) is 25.2 Å². The van der Waals surface area contributed by atoms with Crippen LogP contribution in [-0.4, -0.2) is 46.7 Å². The van der Waals surface area contributed by atoms with Crippen molar-refractivity contribution in [2.45, 2.75) is 32.9 Å². The van der Waals surface area contributed by atoms with Crippen molar-refractivity contribution >= 4 is 35.7 Å². The zero-order chi connectivity index (χ0) is 29.4. The van der Waals surface area contributed by atoms with E-state index in [1.54, 1.807) is 0 Å². The van der Waals surface area contributed by atoms with Gasteiger partial charge < -0.3 is 5.11 Å². The number of rotatable bonds is 5. The minimum atomic E-state index is -10.7. The molecule has 0 amide bonds. The zero-order valence-electron chi connectivity index (χ0n) is 22.5. The van der Waals surface area contributed by atoms with E-state index in [0.717, 1.165) is 13.1 Å². The van der Waals surface area contributed by atoms with Gasteiger partial charge in [-0.2, -0.15) is 0 Å². The third-order valence-corrected chi connectivity index (χ3v) is 7.05. The number of hydrogen-bond acceptors (Lipinski definition) is 2. The molecule has 1 aliphatic rings. The minimum absolute atomic E-state index is 0.00432. The average Bonchev–Trinajstić information content (AvgIpc) is 3.31. The van der Waals surface area contributed by atoms with Crippen LogP contribution in [0, 0.1) is 5.41 Å². The number of benzene rings is 4. The first kappa shape index (κ1) is 29.8. The van der Waals surface area contributed by atoms with Crippen molar-refractivity contribution in [2.24, 2.45) is 5.41 Å². The first-order valence-corrected chi connectivity index (χ1v) is 14.9. The molecular weight excluding hydrogens is 549 g/mol. The Morgan fingerprint density at radius 3 is 1.60 bits per heavy atom. The SMILES string of the molecule is CC(C)(C)[C@@H](CO)N1C=[N+](C(c2cccc3ccccc23)c2cccc3ccccc23)CC1.F[P-](F)(F)(F)(F)F. The van der Waals surface area contributed by atoms with Gasteiger partial charge in [0, 0.05) is 16.5 Å². The predicted octanol–water partition coefficient (Wildman–Crippen LogP) is 9.23. The number of aliphatic hydroxyl groups excluding tert-OH is 1. The van der Waals surface area contributed by atoms with Crippen LogP contribution in [0.5, 0.6) is 0 Å². The number of hydrogen-bond donors (Lipinski definition) is 1. The van der Waals surface area contributed by atoms with Gasteiger partial charge in [0.25, 0.3) is 0 Å². The van der Waals surface area contributed by atoms with Crippen molar-refractivity contribution in [2.75, 3.05) is 19.7 Å². The Morgan fingerprint density at radius 2 is 1.18 bits per heavy atom. The standard InChI is InChI=1S/C30H33N2O.F6P/c1-30(2,3)28(20-33)31-18-19-32(21-31)29(26-16-8-12-22-10-4-6-14-24(22)26)27-17-9-13-23-11-5-7-15-25(23)27;1-7(2,3,4,5)6/h4-17,21,28-29,33H,18-20H2,1-3H3;/q+1;-1/t28-;/m1./s1. The average molecular weight is 583 g/mol. The van der Waals surface area contributed by atoms with Gasteiger partial charge in [-0.1, -0.05) is 106 Å². The summed E-state index contributed by atoms with van der Waals surface area (Å²) in [5.41, 5.74) is 2.63. The third-order valence-electron chi connectivity index (χ3n) is 7.05. The maximum atomic E-state index is 10.2. The summed E-state index contributed by atoms with van der Waals surface area (Å²) in [6.07, 6.45) is 2.26. The van der Waals surface area contributed by atoms with E-state index in [0.29, 0.717) is 0 Å². The monoisotopic (exact) mass is 582 g/mol. The summed E-state index contributed by atoms with van der Waals surface area (Å²) in [4.78, 5) is 2.34. The summed E-state index contributed by atoms with van der Waals surface area (Å²) in [7, 11) is -10.7. The second-order valence-electron chi connectivity index (χ2n) is 11.2. The Kier molecular flexibility index (Phi) is 7.48. The first-order chi connectivity index (χ1) is 18.4. The molecule has 0 saturated carbocycles. The van der Waals surface area contributed by atoms with Crippen LogP contribution < -0.4 is 0 Å². The van der Waals surface area contributed by atoms with Gasteiger partial charge in [0.2, 0.25) is 6.34 Å². The zero-order valence-corrected chi connectivity index (χ0v) is 23.4. The van der Waals surface area contributed by atoms with Crippen molar-refractivity contribution in [1.29, 1.82) is 0 Å². The third kappa shape index (κ3) is 7.73. The number of nitrogens with zero attached hydrogens (tertiary/aromatic N) is 2. The van der Waals surface area contributed by atoms with Gasteiger partial charge in [0.05, 0.1) is 6.61 Å². The molecular formula is C30H33F6N2OP. The number of halogens is 6. The quantitative estimate of drug-likeness (QED) is 0.144. The molecule has 0 bridgehead atoms. The normalized spacial score (nSPS) is 16.8. The van der Waals surface area contributed by atoms with Crippen molar-refractivity contribution in [3.8, 4) is 0 Å². The van der Waals surface area contributed by atoms with Gasteiger partial charge >= 0.3 is 33.0 Å². The van der Waals surface area contributed by atoms with E-state index >= 15 is 0 Å². The van der Waals surface area contributed by atoms with E-state index < -0.39 is 7.81 Å². The maximum absolute atomic E-state index is 10.7. The molecule has 0 radical (unpaired) electrons. The summed E-state index contributed by atoms with van der Waals surface area (Å²) in [5, 5.41) is 15.3. The molecule has 4 aromatic rings. The van der Waals surface area contributed by atoms with Gasteiger partial charge in [0.15, 0.2) is 0 Å². The molecule has 0 aromatic heterocycles. The number of fused-ring (bicyclic) bond motifs is 2. The molecule has 0 unspecified atom stereocenters. The van der Waals surface area contributed by atoms with Gasteiger partial charge in [-0.15, -0.1) is 0 Å². The van der Waals surface area contributed by atoms with Gasteiger partial charge in [-0.3, -0.25) is 9.48 Å². The van der Waals surface area contributed by atoms with Crippen LogP contribution in [0.15, 0.2) is 84.9 Å². The van der Waals surface area contributed by atoms with Gasteiger partial charge in [-0.05, 0) is 21.5 Å². The van der Waals surface area contributed by atoms with E-state index in [9.17, 15) is 30.3 Å². The Morgan fingerprint density at radius 1 is 0.750 bits per heavy atom. The summed E-state index contributed by atoms with van der Waals surface area (Å²) < 4.78 is 61.7. The Bertz CT molecular complexity index is 1450. The molecule has 0 spiro atoms. The Balaban J connectivity index is 0.000000470. The van der Waals surface area contributed by atoms with Crippen LogP contribution in [0.25, 0.3) is 21.5 Å². The molecule has 1 heterocycles. The molecule has 1 atom stereocenters. The second-order valence-corrected chi connectivity index (χ2v) is 13.1. The fourth-order valence-electron chi connectivity index (χ4n) is 5.35. The van der Waals surface area contributed by atoms with E-state index in [2.05, 4.69) is 122 Å². The second kappa shape index (κ2) is 10.0. The topological polar surface area (TPSA) is 26.5 Å². The molecule has 4 aromatic carbocycles. The van der Waals surface area contributed by atoms with Crippen LogP contribution >= 0.6 is 7.81 Å². The molecule has 3 nitrogen and oxygen atoms in total. The van der Waals surface area contributed by atoms with Crippen molar-refractivity contribution < 1.29 is 34.9 Å². The number of aliphatic hydroxyl groups is 1. The predicted molar refractivity (Wildman–Crippen MR) is 152 cm³/mol. The summed E-state index contributed by atoms with van der Waals surface area (Å²) in [6, 6.07) is 30.8. The van der Waals surface area contributed by atoms with Crippen molar-refractivity contribution in [3.63, 3.8) is 0 Å². The fraction of sp³-hybridized carbons (Fsp3) is 0.300. The molecule has 40 heavy (non-hydrogen) atoms.